The van der Waals surface area contributed by atoms with Gasteiger partial charge in [0.15, 0.2) is 0 Å². The van der Waals surface area contributed by atoms with Crippen LogP contribution in [0.5, 0.6) is 0 Å². The zero-order chi connectivity index (χ0) is 21.1. The third kappa shape index (κ3) is 17.9. The van der Waals surface area contributed by atoms with Crippen LogP contribution in [0.3, 0.4) is 0 Å². The van der Waals surface area contributed by atoms with Crippen molar-refractivity contribution in [3.8, 4) is 0 Å². The van der Waals surface area contributed by atoms with Gasteiger partial charge in [0.1, 0.15) is 0 Å². The molecular formula is C23H48O4S. The first kappa shape index (κ1) is 27.9. The van der Waals surface area contributed by atoms with Gasteiger partial charge in [-0.1, -0.05) is 110 Å². The second-order valence-electron chi connectivity index (χ2n) is 8.51. The van der Waals surface area contributed by atoms with E-state index in [1.54, 1.807) is 0 Å². The molecule has 2 atom stereocenters. The summed E-state index contributed by atoms with van der Waals surface area (Å²) in [6.07, 6.45) is 21.0. The van der Waals surface area contributed by atoms with E-state index in [1.807, 2.05) is 6.92 Å². The van der Waals surface area contributed by atoms with Crippen LogP contribution in [-0.2, 0) is 10.1 Å². The van der Waals surface area contributed by atoms with Crippen LogP contribution in [0, 0.1) is 0 Å². The van der Waals surface area contributed by atoms with E-state index in [1.165, 1.54) is 64.2 Å². The minimum Gasteiger partial charge on any atom is -0.393 e. The first-order chi connectivity index (χ1) is 13.4. The molecule has 2 N–H and O–H groups in total. The predicted octanol–water partition coefficient (Wildman–Crippen LogP) is 7.06. The van der Waals surface area contributed by atoms with Gasteiger partial charge in [-0.3, -0.25) is 4.55 Å². The predicted molar refractivity (Wildman–Crippen MR) is 120 cm³/mol. The quantitative estimate of drug-likeness (QED) is 0.154. The summed E-state index contributed by atoms with van der Waals surface area (Å²) < 4.78 is 31.4. The summed E-state index contributed by atoms with van der Waals surface area (Å²) in [5.41, 5.74) is 0. The number of aliphatic hydroxyl groups excluding tert-OH is 1. The molecule has 0 aliphatic carbocycles. The second-order valence-corrected chi connectivity index (χ2v) is 10.2. The fourth-order valence-electron chi connectivity index (χ4n) is 3.86. The molecule has 170 valence electrons. The Balaban J connectivity index is 3.35. The largest absolute Gasteiger partial charge is 0.393 e. The van der Waals surface area contributed by atoms with Gasteiger partial charge in [-0.05, 0) is 25.7 Å². The first-order valence-electron chi connectivity index (χ1n) is 12.1. The normalized spacial score (nSPS) is 14.3. The molecule has 0 bridgehead atoms. The van der Waals surface area contributed by atoms with E-state index in [4.69, 9.17) is 4.55 Å². The van der Waals surface area contributed by atoms with Gasteiger partial charge in [-0.15, -0.1) is 0 Å². The summed E-state index contributed by atoms with van der Waals surface area (Å²) in [6, 6.07) is 0. The summed E-state index contributed by atoms with van der Waals surface area (Å²) in [5.74, 6) is 0. The Bertz CT molecular complexity index is 422. The summed E-state index contributed by atoms with van der Waals surface area (Å²) in [6.45, 7) is 4.06. The molecule has 0 aliphatic heterocycles. The SMILES string of the molecule is CCCCCCCCCCC(O)CCCCCCCCCC(CC)S(=O)(=O)O. The molecule has 0 fully saturated rings. The van der Waals surface area contributed by atoms with Crippen molar-refractivity contribution in [3.63, 3.8) is 0 Å². The number of unbranched alkanes of at least 4 members (excludes halogenated alkanes) is 13. The summed E-state index contributed by atoms with van der Waals surface area (Å²) in [4.78, 5) is 0. The molecule has 0 aromatic rings. The Hall–Kier alpha value is -0.130. The third-order valence-electron chi connectivity index (χ3n) is 5.83. The summed E-state index contributed by atoms with van der Waals surface area (Å²) >= 11 is 0. The minimum atomic E-state index is -3.87. The van der Waals surface area contributed by atoms with E-state index in [2.05, 4.69) is 6.92 Å². The molecule has 4 nitrogen and oxygen atoms in total. The lowest BCUT2D eigenvalue weighted by Gasteiger charge is -2.11. The molecule has 0 rings (SSSR count). The first-order valence-corrected chi connectivity index (χ1v) is 13.6. The van der Waals surface area contributed by atoms with Crippen molar-refractivity contribution in [3.05, 3.63) is 0 Å². The Morgan fingerprint density at radius 2 is 0.964 bits per heavy atom. The van der Waals surface area contributed by atoms with Gasteiger partial charge in [0.25, 0.3) is 10.1 Å². The highest BCUT2D eigenvalue weighted by Gasteiger charge is 2.19. The fraction of sp³-hybridized carbons (Fsp3) is 1.00. The summed E-state index contributed by atoms with van der Waals surface area (Å²) in [5, 5.41) is 9.48. The topological polar surface area (TPSA) is 74.6 Å². The van der Waals surface area contributed by atoms with E-state index in [-0.39, 0.29) is 6.10 Å². The maximum Gasteiger partial charge on any atom is 0.267 e. The average molecular weight is 421 g/mol. The van der Waals surface area contributed by atoms with Crippen LogP contribution in [0.25, 0.3) is 0 Å². The molecule has 0 saturated heterocycles. The van der Waals surface area contributed by atoms with Gasteiger partial charge in [0.2, 0.25) is 0 Å². The van der Waals surface area contributed by atoms with E-state index >= 15 is 0 Å². The fourth-order valence-corrected chi connectivity index (χ4v) is 4.74. The molecule has 5 heteroatoms. The monoisotopic (exact) mass is 420 g/mol. The maximum absolute atomic E-state index is 11.1. The van der Waals surface area contributed by atoms with E-state index < -0.39 is 15.4 Å². The average Bonchev–Trinajstić information content (AvgIpc) is 2.64. The van der Waals surface area contributed by atoms with Gasteiger partial charge < -0.3 is 5.11 Å². The van der Waals surface area contributed by atoms with Crippen LogP contribution in [0.4, 0.5) is 0 Å². The van der Waals surface area contributed by atoms with Crippen molar-refractivity contribution in [2.75, 3.05) is 0 Å². The van der Waals surface area contributed by atoms with Crippen LogP contribution < -0.4 is 0 Å². The smallest absolute Gasteiger partial charge is 0.267 e. The number of hydrogen-bond acceptors (Lipinski definition) is 3. The highest BCUT2D eigenvalue weighted by molar-refractivity contribution is 7.86. The van der Waals surface area contributed by atoms with Crippen molar-refractivity contribution in [2.24, 2.45) is 0 Å². The Morgan fingerprint density at radius 3 is 1.32 bits per heavy atom. The van der Waals surface area contributed by atoms with Crippen molar-refractivity contribution in [1.82, 2.24) is 0 Å². The van der Waals surface area contributed by atoms with Crippen LogP contribution in [0.2, 0.25) is 0 Å². The van der Waals surface area contributed by atoms with Crippen LogP contribution in [0.15, 0.2) is 0 Å². The zero-order valence-corrected chi connectivity index (χ0v) is 19.5. The van der Waals surface area contributed by atoms with Crippen LogP contribution >= 0.6 is 0 Å². The van der Waals surface area contributed by atoms with Gasteiger partial charge in [-0.25, -0.2) is 0 Å². The van der Waals surface area contributed by atoms with E-state index in [0.29, 0.717) is 12.8 Å². The minimum absolute atomic E-state index is 0.119. The van der Waals surface area contributed by atoms with Crippen molar-refractivity contribution < 1.29 is 18.1 Å². The Morgan fingerprint density at radius 1 is 0.607 bits per heavy atom. The van der Waals surface area contributed by atoms with Crippen molar-refractivity contribution in [2.45, 2.75) is 147 Å². The second kappa shape index (κ2) is 18.9. The van der Waals surface area contributed by atoms with Gasteiger partial charge in [-0.2, -0.15) is 8.42 Å². The van der Waals surface area contributed by atoms with Gasteiger partial charge in [0, 0.05) is 0 Å². The molecule has 0 aliphatic rings. The van der Waals surface area contributed by atoms with Gasteiger partial charge >= 0.3 is 0 Å². The standard InChI is InChI=1S/C23H48O4S/c1-3-5-6-7-8-10-13-16-19-22(24)20-17-14-11-9-12-15-18-21-23(4-2)28(25,26)27/h22-24H,3-21H2,1-2H3,(H,25,26,27). The molecule has 0 amide bonds. The lowest BCUT2D eigenvalue weighted by atomic mass is 10.0. The highest BCUT2D eigenvalue weighted by atomic mass is 32.2. The maximum atomic E-state index is 11.1. The molecular weight excluding hydrogens is 372 g/mol. The highest BCUT2D eigenvalue weighted by Crippen LogP contribution is 2.17. The number of rotatable bonds is 21. The number of aliphatic hydroxyl groups is 1. The molecule has 0 aromatic heterocycles. The molecule has 2 unspecified atom stereocenters. The third-order valence-corrected chi connectivity index (χ3v) is 7.24. The van der Waals surface area contributed by atoms with Crippen LogP contribution in [0.1, 0.15) is 136 Å². The lowest BCUT2D eigenvalue weighted by Crippen LogP contribution is -2.19. The van der Waals surface area contributed by atoms with Gasteiger partial charge in [0.05, 0.1) is 11.4 Å². The molecule has 0 spiro atoms. The molecule has 28 heavy (non-hydrogen) atoms. The van der Waals surface area contributed by atoms with E-state index in [0.717, 1.165) is 44.9 Å². The van der Waals surface area contributed by atoms with Crippen molar-refractivity contribution >= 4 is 10.1 Å². The summed E-state index contributed by atoms with van der Waals surface area (Å²) in [7, 11) is -3.87. The van der Waals surface area contributed by atoms with Crippen molar-refractivity contribution in [1.29, 1.82) is 0 Å². The lowest BCUT2D eigenvalue weighted by molar-refractivity contribution is 0.147. The molecule has 0 saturated carbocycles. The molecule has 0 aromatic carbocycles. The number of hydrogen-bond donors (Lipinski definition) is 2. The van der Waals surface area contributed by atoms with Crippen LogP contribution in [-0.4, -0.2) is 29.4 Å². The molecule has 0 heterocycles. The molecule has 0 radical (unpaired) electrons. The zero-order valence-electron chi connectivity index (χ0n) is 18.7. The Kier molecular flexibility index (Phi) is 18.8. The Labute approximate surface area is 175 Å². The van der Waals surface area contributed by atoms with E-state index in [9.17, 15) is 13.5 Å².